The van der Waals surface area contributed by atoms with Gasteiger partial charge in [-0.25, -0.2) is 4.98 Å². The molecule has 0 spiro atoms. The highest BCUT2D eigenvalue weighted by Gasteiger charge is 1.98. The molecular formula is C13H16N2OS. The summed E-state index contributed by atoms with van der Waals surface area (Å²) in [6, 6.07) is 8.16. The first-order valence-corrected chi connectivity index (χ1v) is 6.57. The Morgan fingerprint density at radius 2 is 2.29 bits per heavy atom. The minimum Gasteiger partial charge on any atom is -0.494 e. The van der Waals surface area contributed by atoms with Crippen molar-refractivity contribution in [3.8, 4) is 5.75 Å². The molecule has 0 atom stereocenters. The molecule has 0 aliphatic rings. The van der Waals surface area contributed by atoms with Crippen molar-refractivity contribution in [2.75, 3.05) is 6.61 Å². The van der Waals surface area contributed by atoms with E-state index in [1.165, 1.54) is 5.56 Å². The number of hydrogen-bond donors (Lipinski definition) is 1. The average molecular weight is 248 g/mol. The zero-order valence-electron chi connectivity index (χ0n) is 9.85. The monoisotopic (exact) mass is 248 g/mol. The number of nitrogens with one attached hydrogen (secondary N) is 1. The third kappa shape index (κ3) is 3.84. The Labute approximate surface area is 105 Å². The van der Waals surface area contributed by atoms with Crippen molar-refractivity contribution in [3.63, 3.8) is 0 Å². The van der Waals surface area contributed by atoms with Gasteiger partial charge >= 0.3 is 0 Å². The maximum absolute atomic E-state index is 5.46. The Morgan fingerprint density at radius 3 is 3.06 bits per heavy atom. The van der Waals surface area contributed by atoms with E-state index in [-0.39, 0.29) is 0 Å². The summed E-state index contributed by atoms with van der Waals surface area (Å²) in [6.07, 6.45) is 1.83. The molecule has 0 amide bonds. The van der Waals surface area contributed by atoms with E-state index in [0.29, 0.717) is 6.61 Å². The van der Waals surface area contributed by atoms with E-state index >= 15 is 0 Å². The van der Waals surface area contributed by atoms with Crippen molar-refractivity contribution in [3.05, 3.63) is 46.4 Å². The molecule has 0 radical (unpaired) electrons. The molecule has 0 fully saturated rings. The second kappa shape index (κ2) is 6.37. The lowest BCUT2D eigenvalue weighted by atomic mass is 10.2. The van der Waals surface area contributed by atoms with Crippen LogP contribution in [0.3, 0.4) is 0 Å². The van der Waals surface area contributed by atoms with Crippen LogP contribution in [0.5, 0.6) is 5.75 Å². The molecule has 4 heteroatoms. The molecule has 1 aromatic carbocycles. The first-order chi connectivity index (χ1) is 8.38. The minimum absolute atomic E-state index is 0.704. The maximum atomic E-state index is 5.46. The van der Waals surface area contributed by atoms with Crippen LogP contribution in [0.2, 0.25) is 0 Å². The van der Waals surface area contributed by atoms with Crippen LogP contribution in [0.25, 0.3) is 0 Å². The summed E-state index contributed by atoms with van der Waals surface area (Å²) >= 11 is 1.67. The smallest absolute Gasteiger partial charge is 0.119 e. The summed E-state index contributed by atoms with van der Waals surface area (Å²) in [5.74, 6) is 0.932. The normalized spacial score (nSPS) is 10.4. The van der Waals surface area contributed by atoms with Gasteiger partial charge in [0.25, 0.3) is 0 Å². The fourth-order valence-electron chi connectivity index (χ4n) is 1.57. The van der Waals surface area contributed by atoms with Gasteiger partial charge in [-0.2, -0.15) is 0 Å². The van der Waals surface area contributed by atoms with Crippen LogP contribution >= 0.6 is 11.3 Å². The molecule has 2 aromatic rings. The van der Waals surface area contributed by atoms with Crippen LogP contribution < -0.4 is 10.1 Å². The van der Waals surface area contributed by atoms with Crippen molar-refractivity contribution in [1.82, 2.24) is 10.3 Å². The molecule has 2 rings (SSSR count). The second-order valence-electron chi connectivity index (χ2n) is 3.61. The molecule has 0 bridgehead atoms. The summed E-state index contributed by atoms with van der Waals surface area (Å²) < 4.78 is 5.46. The summed E-state index contributed by atoms with van der Waals surface area (Å²) in [7, 11) is 0. The van der Waals surface area contributed by atoms with Gasteiger partial charge in [0.05, 0.1) is 6.61 Å². The van der Waals surface area contributed by atoms with Crippen LogP contribution in [0.4, 0.5) is 0 Å². The van der Waals surface area contributed by atoms with Crippen LogP contribution in [-0.2, 0) is 13.1 Å². The molecule has 0 aliphatic carbocycles. The Hall–Kier alpha value is -1.39. The number of aromatic nitrogens is 1. The highest BCUT2D eigenvalue weighted by atomic mass is 32.1. The van der Waals surface area contributed by atoms with Crippen molar-refractivity contribution in [2.45, 2.75) is 20.0 Å². The number of benzene rings is 1. The predicted molar refractivity (Wildman–Crippen MR) is 70.3 cm³/mol. The van der Waals surface area contributed by atoms with Gasteiger partial charge < -0.3 is 10.1 Å². The van der Waals surface area contributed by atoms with E-state index in [1.54, 1.807) is 11.3 Å². The fourth-order valence-corrected chi connectivity index (χ4v) is 2.15. The molecular weight excluding hydrogens is 232 g/mol. The zero-order valence-corrected chi connectivity index (χ0v) is 10.7. The minimum atomic E-state index is 0.704. The zero-order chi connectivity index (χ0) is 11.9. The quantitative estimate of drug-likeness (QED) is 0.853. The number of thiazole rings is 1. The largest absolute Gasteiger partial charge is 0.494 e. The molecule has 0 saturated heterocycles. The lowest BCUT2D eigenvalue weighted by Crippen LogP contribution is -2.12. The number of rotatable bonds is 6. The van der Waals surface area contributed by atoms with E-state index in [0.717, 1.165) is 23.8 Å². The molecule has 0 saturated carbocycles. The van der Waals surface area contributed by atoms with Gasteiger partial charge in [-0.1, -0.05) is 12.1 Å². The third-order valence-electron chi connectivity index (χ3n) is 2.30. The summed E-state index contributed by atoms with van der Waals surface area (Å²) in [6.45, 7) is 4.35. The molecule has 1 heterocycles. The van der Waals surface area contributed by atoms with E-state index < -0.39 is 0 Å². The first kappa shape index (κ1) is 12.1. The Morgan fingerprint density at radius 1 is 1.35 bits per heavy atom. The molecule has 1 N–H and O–H groups in total. The highest BCUT2D eigenvalue weighted by Crippen LogP contribution is 2.13. The first-order valence-electron chi connectivity index (χ1n) is 5.69. The van der Waals surface area contributed by atoms with Crippen LogP contribution in [0, 0.1) is 0 Å². The lowest BCUT2D eigenvalue weighted by molar-refractivity contribution is 0.340. The van der Waals surface area contributed by atoms with Crippen LogP contribution in [-0.4, -0.2) is 11.6 Å². The Balaban J connectivity index is 1.84. The van der Waals surface area contributed by atoms with Gasteiger partial charge in [-0.15, -0.1) is 11.3 Å². The number of ether oxygens (including phenoxy) is 1. The van der Waals surface area contributed by atoms with Gasteiger partial charge in [0.2, 0.25) is 0 Å². The fraction of sp³-hybridized carbons (Fsp3) is 0.308. The average Bonchev–Trinajstić information content (AvgIpc) is 2.83. The second-order valence-corrected chi connectivity index (χ2v) is 4.59. The SMILES string of the molecule is CCOc1cccc(CNCc2nccs2)c1. The molecule has 1 aromatic heterocycles. The maximum Gasteiger partial charge on any atom is 0.119 e. The van der Waals surface area contributed by atoms with E-state index in [1.807, 2.05) is 30.6 Å². The van der Waals surface area contributed by atoms with Gasteiger partial charge in [0.15, 0.2) is 0 Å². The van der Waals surface area contributed by atoms with Gasteiger partial charge in [0.1, 0.15) is 10.8 Å². The number of hydrogen-bond acceptors (Lipinski definition) is 4. The summed E-state index contributed by atoms with van der Waals surface area (Å²) in [5, 5.41) is 6.48. The third-order valence-corrected chi connectivity index (χ3v) is 3.08. The molecule has 3 nitrogen and oxygen atoms in total. The van der Waals surface area contributed by atoms with Crippen LogP contribution in [0.1, 0.15) is 17.5 Å². The Kier molecular flexibility index (Phi) is 4.53. The standard InChI is InChI=1S/C13H16N2OS/c1-2-16-12-5-3-4-11(8-12)9-14-10-13-15-6-7-17-13/h3-8,14H,2,9-10H2,1H3. The van der Waals surface area contributed by atoms with Crippen molar-refractivity contribution in [1.29, 1.82) is 0 Å². The lowest BCUT2D eigenvalue weighted by Gasteiger charge is -2.06. The summed E-state index contributed by atoms with van der Waals surface area (Å²) in [5.41, 5.74) is 1.23. The van der Waals surface area contributed by atoms with E-state index in [2.05, 4.69) is 22.4 Å². The van der Waals surface area contributed by atoms with E-state index in [4.69, 9.17) is 4.74 Å². The summed E-state index contributed by atoms with van der Waals surface area (Å²) in [4.78, 5) is 4.23. The highest BCUT2D eigenvalue weighted by molar-refractivity contribution is 7.09. The molecule has 0 aliphatic heterocycles. The predicted octanol–water partition coefficient (Wildman–Crippen LogP) is 2.83. The Bertz CT molecular complexity index is 442. The molecule has 17 heavy (non-hydrogen) atoms. The number of nitrogens with zero attached hydrogens (tertiary/aromatic N) is 1. The molecule has 0 unspecified atom stereocenters. The van der Waals surface area contributed by atoms with Gasteiger partial charge in [0, 0.05) is 24.7 Å². The van der Waals surface area contributed by atoms with Crippen molar-refractivity contribution in [2.24, 2.45) is 0 Å². The van der Waals surface area contributed by atoms with E-state index in [9.17, 15) is 0 Å². The van der Waals surface area contributed by atoms with Gasteiger partial charge in [-0.05, 0) is 24.6 Å². The van der Waals surface area contributed by atoms with Gasteiger partial charge in [-0.3, -0.25) is 0 Å². The van der Waals surface area contributed by atoms with Crippen molar-refractivity contribution >= 4 is 11.3 Å². The molecule has 90 valence electrons. The van der Waals surface area contributed by atoms with Crippen LogP contribution in [0.15, 0.2) is 35.8 Å². The topological polar surface area (TPSA) is 34.1 Å². The van der Waals surface area contributed by atoms with Crippen molar-refractivity contribution < 1.29 is 4.74 Å².